The second-order valence-electron chi connectivity index (χ2n) is 5.02. The number of nitrogens with two attached hydrogens (primary N) is 1. The van der Waals surface area contributed by atoms with Crippen molar-refractivity contribution in [2.75, 3.05) is 18.1 Å². The van der Waals surface area contributed by atoms with E-state index in [4.69, 9.17) is 5.73 Å². The van der Waals surface area contributed by atoms with Crippen molar-refractivity contribution in [3.8, 4) is 0 Å². The van der Waals surface area contributed by atoms with Gasteiger partial charge in [-0.15, -0.1) is 0 Å². The van der Waals surface area contributed by atoms with Crippen molar-refractivity contribution in [3.05, 3.63) is 0 Å². The molecule has 0 aromatic heterocycles. The number of hydrogen-bond acceptors (Lipinski definition) is 3. The summed E-state index contributed by atoms with van der Waals surface area (Å²) >= 11 is 0. The van der Waals surface area contributed by atoms with Crippen molar-refractivity contribution in [1.29, 1.82) is 0 Å². The molecule has 0 amide bonds. The highest BCUT2D eigenvalue weighted by atomic mass is 32.2. The van der Waals surface area contributed by atoms with E-state index in [1.54, 1.807) is 0 Å². The van der Waals surface area contributed by atoms with Crippen LogP contribution in [-0.2, 0) is 9.84 Å². The molecule has 5 heteroatoms. The molecule has 92 valence electrons. The molecule has 1 unspecified atom stereocenters. The Labute approximate surface area is 97.2 Å². The van der Waals surface area contributed by atoms with E-state index in [-0.39, 0.29) is 5.92 Å². The molecule has 2 rings (SSSR count). The summed E-state index contributed by atoms with van der Waals surface area (Å²) in [7, 11) is -2.77. The van der Waals surface area contributed by atoms with Gasteiger partial charge in [-0.05, 0) is 25.2 Å². The summed E-state index contributed by atoms with van der Waals surface area (Å²) in [4.78, 5) is 4.38. The molecule has 1 atom stereocenters. The lowest BCUT2D eigenvalue weighted by Crippen LogP contribution is -2.23. The zero-order chi connectivity index (χ0) is 11.6. The Bertz CT molecular complexity index is 369. The molecule has 0 radical (unpaired) electrons. The minimum absolute atomic E-state index is 0.199. The van der Waals surface area contributed by atoms with Gasteiger partial charge < -0.3 is 5.73 Å². The van der Waals surface area contributed by atoms with Crippen LogP contribution in [0.2, 0.25) is 0 Å². The quantitative estimate of drug-likeness (QED) is 0.594. The Hall–Kier alpha value is -0.580. The van der Waals surface area contributed by atoms with Gasteiger partial charge in [-0.25, -0.2) is 8.42 Å². The molecule has 4 nitrogen and oxygen atoms in total. The predicted molar refractivity (Wildman–Crippen MR) is 65.2 cm³/mol. The smallest absolute Gasteiger partial charge is 0.150 e. The summed E-state index contributed by atoms with van der Waals surface area (Å²) in [6.07, 6.45) is 5.55. The third kappa shape index (κ3) is 2.97. The van der Waals surface area contributed by atoms with Gasteiger partial charge in [0.25, 0.3) is 0 Å². The van der Waals surface area contributed by atoms with Crippen LogP contribution in [0.5, 0.6) is 0 Å². The summed E-state index contributed by atoms with van der Waals surface area (Å²) < 4.78 is 22.5. The Kier molecular flexibility index (Phi) is 3.52. The first-order valence-electron chi connectivity index (χ1n) is 6.07. The fourth-order valence-corrected chi connectivity index (χ4v) is 4.45. The number of aliphatic imine (C=N–C) groups is 1. The lowest BCUT2D eigenvalue weighted by atomic mass is 10.1. The van der Waals surface area contributed by atoms with E-state index in [2.05, 4.69) is 4.99 Å². The third-order valence-corrected chi connectivity index (χ3v) is 5.47. The largest absolute Gasteiger partial charge is 0.387 e. The SMILES string of the molecule is NC(=NCC1CCS(=O)(=O)C1)C1CCCC1. The van der Waals surface area contributed by atoms with E-state index in [9.17, 15) is 8.42 Å². The minimum atomic E-state index is -2.77. The van der Waals surface area contributed by atoms with E-state index in [0.29, 0.717) is 24.0 Å². The molecule has 1 aliphatic heterocycles. The average Bonchev–Trinajstić information content (AvgIpc) is 2.83. The Morgan fingerprint density at radius 2 is 1.94 bits per heavy atom. The molecule has 0 bridgehead atoms. The van der Waals surface area contributed by atoms with E-state index >= 15 is 0 Å². The first kappa shape index (κ1) is 11.9. The zero-order valence-corrected chi connectivity index (χ0v) is 10.4. The maximum absolute atomic E-state index is 11.3. The van der Waals surface area contributed by atoms with Crippen molar-refractivity contribution in [1.82, 2.24) is 0 Å². The summed E-state index contributed by atoms with van der Waals surface area (Å²) in [6.45, 7) is 0.599. The van der Waals surface area contributed by atoms with Gasteiger partial charge in [-0.1, -0.05) is 12.8 Å². The van der Waals surface area contributed by atoms with Crippen molar-refractivity contribution in [2.45, 2.75) is 32.1 Å². The number of sulfone groups is 1. The topological polar surface area (TPSA) is 72.5 Å². The standard InChI is InChI=1S/C11H20N2O2S/c12-11(10-3-1-2-4-10)13-7-9-5-6-16(14,15)8-9/h9-10H,1-8H2,(H2,12,13). The van der Waals surface area contributed by atoms with Gasteiger partial charge in [0, 0.05) is 12.5 Å². The minimum Gasteiger partial charge on any atom is -0.387 e. The summed E-state index contributed by atoms with van der Waals surface area (Å²) in [6, 6.07) is 0. The monoisotopic (exact) mass is 244 g/mol. The molecular formula is C11H20N2O2S. The van der Waals surface area contributed by atoms with Crippen molar-refractivity contribution < 1.29 is 8.42 Å². The fourth-order valence-electron chi connectivity index (χ4n) is 2.60. The van der Waals surface area contributed by atoms with Gasteiger partial charge in [0.15, 0.2) is 9.84 Å². The second-order valence-corrected chi connectivity index (χ2v) is 7.24. The van der Waals surface area contributed by atoms with Gasteiger partial charge in [0.2, 0.25) is 0 Å². The molecule has 0 aromatic rings. The van der Waals surface area contributed by atoms with E-state index in [1.807, 2.05) is 0 Å². The summed E-state index contributed by atoms with van der Waals surface area (Å²) in [5.74, 6) is 2.04. The molecule has 0 spiro atoms. The number of rotatable bonds is 3. The van der Waals surface area contributed by atoms with Gasteiger partial charge in [0.05, 0.1) is 17.3 Å². The van der Waals surface area contributed by atoms with E-state index in [1.165, 1.54) is 12.8 Å². The van der Waals surface area contributed by atoms with Crippen LogP contribution >= 0.6 is 0 Å². The van der Waals surface area contributed by atoms with Crippen LogP contribution in [-0.4, -0.2) is 32.3 Å². The average molecular weight is 244 g/mol. The Balaban J connectivity index is 1.84. The first-order chi connectivity index (χ1) is 7.57. The van der Waals surface area contributed by atoms with E-state index in [0.717, 1.165) is 25.1 Å². The zero-order valence-electron chi connectivity index (χ0n) is 9.56. The van der Waals surface area contributed by atoms with Crippen molar-refractivity contribution in [2.24, 2.45) is 22.6 Å². The Morgan fingerprint density at radius 1 is 1.25 bits per heavy atom. The molecule has 16 heavy (non-hydrogen) atoms. The van der Waals surface area contributed by atoms with Crippen LogP contribution in [0.15, 0.2) is 4.99 Å². The molecule has 2 fully saturated rings. The van der Waals surface area contributed by atoms with Gasteiger partial charge in [0.1, 0.15) is 0 Å². The van der Waals surface area contributed by atoms with Crippen LogP contribution in [0.1, 0.15) is 32.1 Å². The number of nitrogens with zero attached hydrogens (tertiary/aromatic N) is 1. The van der Waals surface area contributed by atoms with Crippen LogP contribution in [0, 0.1) is 11.8 Å². The van der Waals surface area contributed by atoms with Crippen LogP contribution in [0.25, 0.3) is 0 Å². The van der Waals surface area contributed by atoms with Crippen molar-refractivity contribution >= 4 is 15.7 Å². The summed E-state index contributed by atoms with van der Waals surface area (Å²) in [5.41, 5.74) is 5.93. The van der Waals surface area contributed by atoms with Gasteiger partial charge in [-0.3, -0.25) is 4.99 Å². The number of hydrogen-bond donors (Lipinski definition) is 1. The van der Waals surface area contributed by atoms with Crippen molar-refractivity contribution in [3.63, 3.8) is 0 Å². The molecule has 0 aromatic carbocycles. The normalized spacial score (nSPS) is 31.0. The van der Waals surface area contributed by atoms with Gasteiger partial charge >= 0.3 is 0 Å². The number of amidine groups is 1. The van der Waals surface area contributed by atoms with Crippen LogP contribution in [0.4, 0.5) is 0 Å². The van der Waals surface area contributed by atoms with E-state index < -0.39 is 9.84 Å². The Morgan fingerprint density at radius 3 is 2.50 bits per heavy atom. The molecule has 1 saturated heterocycles. The highest BCUT2D eigenvalue weighted by Gasteiger charge is 2.27. The predicted octanol–water partition coefficient (Wildman–Crippen LogP) is 0.968. The van der Waals surface area contributed by atoms with Crippen LogP contribution in [0.3, 0.4) is 0 Å². The molecule has 1 heterocycles. The molecule has 2 aliphatic rings. The fraction of sp³-hybridized carbons (Fsp3) is 0.909. The maximum atomic E-state index is 11.3. The molecule has 1 saturated carbocycles. The molecule has 2 N–H and O–H groups in total. The molecule has 1 aliphatic carbocycles. The highest BCUT2D eigenvalue weighted by molar-refractivity contribution is 7.91. The second kappa shape index (κ2) is 4.73. The lowest BCUT2D eigenvalue weighted by molar-refractivity contribution is 0.589. The van der Waals surface area contributed by atoms with Crippen LogP contribution < -0.4 is 5.73 Å². The first-order valence-corrected chi connectivity index (χ1v) is 7.89. The maximum Gasteiger partial charge on any atom is 0.150 e. The lowest BCUT2D eigenvalue weighted by Gasteiger charge is -2.09. The highest BCUT2D eigenvalue weighted by Crippen LogP contribution is 2.25. The molecular weight excluding hydrogens is 224 g/mol. The van der Waals surface area contributed by atoms with Gasteiger partial charge in [-0.2, -0.15) is 0 Å². The summed E-state index contributed by atoms with van der Waals surface area (Å²) in [5, 5.41) is 0. The third-order valence-electron chi connectivity index (χ3n) is 3.63.